The molecule has 3 aliphatic rings. The third kappa shape index (κ3) is 6.19. The Morgan fingerprint density at radius 3 is 1.95 bits per heavy atom. The van der Waals surface area contributed by atoms with Gasteiger partial charge in [-0.15, -0.1) is 0 Å². The molecule has 0 radical (unpaired) electrons. The van der Waals surface area contributed by atoms with E-state index in [2.05, 4.69) is 65.2 Å². The van der Waals surface area contributed by atoms with Gasteiger partial charge in [-0.1, -0.05) is 32.0 Å². The fraction of sp³-hybridized carbons (Fsp3) is 0.812. The molecular weight excluding hydrogens is 490 g/mol. The van der Waals surface area contributed by atoms with Crippen LogP contribution in [0.1, 0.15) is 100 Å². The van der Waals surface area contributed by atoms with Crippen molar-refractivity contribution < 1.29 is 8.42 Å². The van der Waals surface area contributed by atoms with E-state index in [4.69, 9.17) is 0 Å². The predicted octanol–water partition coefficient (Wildman–Crippen LogP) is 6.64. The summed E-state index contributed by atoms with van der Waals surface area (Å²) in [6.07, 6.45) is 8.59. The zero-order valence-corrected chi connectivity index (χ0v) is 26.2. The third-order valence-corrected chi connectivity index (χ3v) is 12.4. The molecule has 0 amide bonds. The Morgan fingerprint density at radius 1 is 0.789 bits per heavy atom. The molecule has 0 saturated carbocycles. The van der Waals surface area contributed by atoms with Gasteiger partial charge in [0.2, 0.25) is 10.0 Å². The lowest BCUT2D eigenvalue weighted by atomic mass is 9.80. The van der Waals surface area contributed by atoms with Crippen LogP contribution in [0.5, 0.6) is 0 Å². The quantitative estimate of drug-likeness (QED) is 0.349. The summed E-state index contributed by atoms with van der Waals surface area (Å²) in [4.78, 5) is 6.01. The van der Waals surface area contributed by atoms with Gasteiger partial charge in [0, 0.05) is 48.8 Å². The lowest BCUT2D eigenvalue weighted by Crippen LogP contribution is -2.54. The summed E-state index contributed by atoms with van der Waals surface area (Å²) in [7, 11) is -3.47. The highest BCUT2D eigenvalue weighted by molar-refractivity contribution is 7.89. The maximum atomic E-state index is 13.6. The highest BCUT2D eigenvalue weighted by atomic mass is 32.2. The van der Waals surface area contributed by atoms with Crippen molar-refractivity contribution in [2.45, 2.75) is 148 Å². The Bertz CT molecular complexity index is 989. The normalized spacial score (nSPS) is 35.7. The Hall–Kier alpha value is -0.950. The van der Waals surface area contributed by atoms with Gasteiger partial charge in [-0.25, -0.2) is 8.42 Å². The van der Waals surface area contributed by atoms with Crippen molar-refractivity contribution in [1.29, 1.82) is 0 Å². The Labute approximate surface area is 234 Å². The average molecular weight is 546 g/mol. The average Bonchev–Trinajstić information content (AvgIpc) is 3.45. The number of hydrogen-bond donors (Lipinski definition) is 0. The Morgan fingerprint density at radius 2 is 1.34 bits per heavy atom. The molecule has 6 heteroatoms. The zero-order valence-electron chi connectivity index (χ0n) is 25.4. The van der Waals surface area contributed by atoms with Crippen molar-refractivity contribution in [2.75, 3.05) is 6.54 Å². The number of nitrogens with zero attached hydrogens (tertiary/aromatic N) is 3. The fourth-order valence-corrected chi connectivity index (χ4v) is 10.5. The number of hydrogen-bond acceptors (Lipinski definition) is 4. The minimum Gasteiger partial charge on any atom is -0.295 e. The van der Waals surface area contributed by atoms with E-state index in [1.165, 1.54) is 32.1 Å². The summed E-state index contributed by atoms with van der Waals surface area (Å²) < 4.78 is 29.0. The van der Waals surface area contributed by atoms with Crippen LogP contribution in [-0.4, -0.2) is 71.4 Å². The van der Waals surface area contributed by atoms with Crippen molar-refractivity contribution in [3.8, 4) is 0 Å². The molecule has 5 nitrogen and oxygen atoms in total. The number of likely N-dealkylation sites (tertiary alicyclic amines) is 2. The van der Waals surface area contributed by atoms with Crippen LogP contribution in [0, 0.1) is 17.8 Å². The molecule has 1 aromatic carbocycles. The van der Waals surface area contributed by atoms with Crippen LogP contribution in [0.4, 0.5) is 0 Å². The van der Waals surface area contributed by atoms with Crippen LogP contribution in [0.15, 0.2) is 35.2 Å². The molecule has 3 saturated heterocycles. The van der Waals surface area contributed by atoms with Crippen LogP contribution < -0.4 is 0 Å². The molecular formula is C32H55N3O2S. The number of piperidine rings is 1. The molecule has 0 spiro atoms. The van der Waals surface area contributed by atoms with Crippen LogP contribution in [0.25, 0.3) is 0 Å². The molecule has 3 aliphatic heterocycles. The van der Waals surface area contributed by atoms with E-state index in [-0.39, 0.29) is 6.04 Å². The van der Waals surface area contributed by atoms with Crippen molar-refractivity contribution >= 4 is 10.0 Å². The Balaban J connectivity index is 1.43. The van der Waals surface area contributed by atoms with Crippen LogP contribution >= 0.6 is 0 Å². The largest absolute Gasteiger partial charge is 0.295 e. The minimum atomic E-state index is -3.47. The van der Waals surface area contributed by atoms with E-state index in [0.717, 1.165) is 18.8 Å². The SMILES string of the molecule is CC(C)C1CC(CC(C)N2C(C)CCC(CC(C)N3C(C)CCC3C)C2C)CN1S(=O)(=O)c1ccccc1. The van der Waals surface area contributed by atoms with Gasteiger partial charge in [-0.2, -0.15) is 4.31 Å². The summed E-state index contributed by atoms with van der Waals surface area (Å²) in [5.74, 6) is 1.44. The molecule has 0 aromatic heterocycles. The number of benzene rings is 1. The molecule has 38 heavy (non-hydrogen) atoms. The maximum Gasteiger partial charge on any atom is 0.243 e. The molecule has 9 unspecified atom stereocenters. The van der Waals surface area contributed by atoms with E-state index >= 15 is 0 Å². The standard InChI is InChI=1S/C32H55N3O2S/c1-22(2)32-20-29(21-33(32)38(36,37)31-12-10-9-11-13-31)18-26(6)35-25(5)16-17-30(28(35)8)19-27(7)34-23(3)14-15-24(34)4/h9-13,22-30,32H,14-21H2,1-8H3. The van der Waals surface area contributed by atoms with Gasteiger partial charge in [0.05, 0.1) is 4.90 Å². The molecule has 0 N–H and O–H groups in total. The van der Waals surface area contributed by atoms with Gasteiger partial charge >= 0.3 is 0 Å². The molecule has 0 aliphatic carbocycles. The van der Waals surface area contributed by atoms with Crippen molar-refractivity contribution in [1.82, 2.24) is 14.1 Å². The summed E-state index contributed by atoms with van der Waals surface area (Å²) in [5.41, 5.74) is 0. The topological polar surface area (TPSA) is 43.9 Å². The third-order valence-electron chi connectivity index (χ3n) is 10.5. The van der Waals surface area contributed by atoms with Gasteiger partial charge < -0.3 is 0 Å². The first kappa shape index (κ1) is 30.0. The molecule has 0 bridgehead atoms. The van der Waals surface area contributed by atoms with Crippen LogP contribution in [-0.2, 0) is 10.0 Å². The van der Waals surface area contributed by atoms with Crippen molar-refractivity contribution in [2.24, 2.45) is 17.8 Å². The Kier molecular flexibility index (Phi) is 9.70. The van der Waals surface area contributed by atoms with E-state index < -0.39 is 10.0 Å². The molecule has 3 fully saturated rings. The summed E-state index contributed by atoms with van der Waals surface area (Å²) in [6.45, 7) is 19.6. The second-order valence-corrected chi connectivity index (χ2v) is 15.5. The molecule has 3 heterocycles. The van der Waals surface area contributed by atoms with Crippen molar-refractivity contribution in [3.63, 3.8) is 0 Å². The lowest BCUT2D eigenvalue weighted by Gasteiger charge is -2.49. The van der Waals surface area contributed by atoms with Crippen LogP contribution in [0.3, 0.4) is 0 Å². The second kappa shape index (κ2) is 12.3. The zero-order chi connectivity index (χ0) is 27.8. The monoisotopic (exact) mass is 545 g/mol. The smallest absolute Gasteiger partial charge is 0.243 e. The van der Waals surface area contributed by atoms with E-state index in [1.807, 2.05) is 22.5 Å². The lowest BCUT2D eigenvalue weighted by molar-refractivity contribution is 0.00172. The molecule has 216 valence electrons. The first-order chi connectivity index (χ1) is 17.9. The summed E-state index contributed by atoms with van der Waals surface area (Å²) in [5, 5.41) is 0. The van der Waals surface area contributed by atoms with Crippen molar-refractivity contribution in [3.05, 3.63) is 30.3 Å². The summed E-state index contributed by atoms with van der Waals surface area (Å²) in [6, 6.07) is 12.8. The van der Waals surface area contributed by atoms with E-state index in [0.29, 0.717) is 59.5 Å². The number of sulfonamides is 1. The fourth-order valence-electron chi connectivity index (χ4n) is 8.59. The van der Waals surface area contributed by atoms with E-state index in [9.17, 15) is 8.42 Å². The van der Waals surface area contributed by atoms with Gasteiger partial charge in [-0.05, 0) is 116 Å². The van der Waals surface area contributed by atoms with Crippen LogP contribution in [0.2, 0.25) is 0 Å². The predicted molar refractivity (Wildman–Crippen MR) is 159 cm³/mol. The maximum absolute atomic E-state index is 13.6. The first-order valence-corrected chi connectivity index (χ1v) is 17.0. The second-order valence-electron chi connectivity index (χ2n) is 13.6. The summed E-state index contributed by atoms with van der Waals surface area (Å²) >= 11 is 0. The van der Waals surface area contributed by atoms with E-state index in [1.54, 1.807) is 12.1 Å². The van der Waals surface area contributed by atoms with Gasteiger partial charge in [0.1, 0.15) is 0 Å². The molecule has 1 aromatic rings. The minimum absolute atomic E-state index is 0.0756. The molecule has 9 atom stereocenters. The first-order valence-electron chi connectivity index (χ1n) is 15.5. The highest BCUT2D eigenvalue weighted by Crippen LogP contribution is 2.39. The number of rotatable bonds is 9. The highest BCUT2D eigenvalue weighted by Gasteiger charge is 2.44. The van der Waals surface area contributed by atoms with Gasteiger partial charge in [0.25, 0.3) is 0 Å². The molecule has 4 rings (SSSR count). The van der Waals surface area contributed by atoms with Gasteiger partial charge in [0.15, 0.2) is 0 Å². The van der Waals surface area contributed by atoms with Gasteiger partial charge in [-0.3, -0.25) is 9.80 Å².